The lowest BCUT2D eigenvalue weighted by atomic mass is 10.2. The fourth-order valence-corrected chi connectivity index (χ4v) is 3.65. The number of esters is 1. The highest BCUT2D eigenvalue weighted by atomic mass is 127. The average Bonchev–Trinajstić information content (AvgIpc) is 2.80. The van der Waals surface area contributed by atoms with Crippen LogP contribution in [0.5, 0.6) is 11.5 Å². The molecule has 0 spiro atoms. The number of hydrogen-bond donors (Lipinski definition) is 0. The van der Waals surface area contributed by atoms with Crippen LogP contribution in [0.2, 0.25) is 0 Å². The molecule has 1 heterocycles. The second kappa shape index (κ2) is 9.09. The second-order valence-electron chi connectivity index (χ2n) is 6.45. The van der Waals surface area contributed by atoms with Crippen LogP contribution in [0, 0.1) is 3.57 Å². The number of halogens is 1. The van der Waals surface area contributed by atoms with Crippen molar-refractivity contribution in [3.63, 3.8) is 0 Å². The molecule has 0 aliphatic heterocycles. The van der Waals surface area contributed by atoms with Crippen molar-refractivity contribution >= 4 is 45.7 Å². The molecule has 0 atom stereocenters. The number of carbonyl (C=O) groups is 1. The lowest BCUT2D eigenvalue weighted by Crippen LogP contribution is -2.17. The fraction of sp³-hybridized carbons (Fsp3) is 0.0435. The number of methoxy groups -OCH3 is 1. The summed E-state index contributed by atoms with van der Waals surface area (Å²) >= 11 is 2.06. The molecule has 0 amide bonds. The number of fused-ring (bicyclic) bond motifs is 1. The van der Waals surface area contributed by atoms with Crippen LogP contribution < -0.4 is 15.0 Å². The number of rotatable bonds is 5. The molecule has 0 saturated heterocycles. The van der Waals surface area contributed by atoms with Gasteiger partial charge in [-0.25, -0.2) is 9.78 Å². The van der Waals surface area contributed by atoms with Crippen LogP contribution in [-0.2, 0) is 0 Å². The summed E-state index contributed by atoms with van der Waals surface area (Å²) in [6.45, 7) is 0. The molecule has 4 rings (SSSR count). The molecular weight excluding hydrogens is 509 g/mol. The summed E-state index contributed by atoms with van der Waals surface area (Å²) in [5.74, 6) is 0.215. The van der Waals surface area contributed by atoms with Gasteiger partial charge in [-0.05, 0) is 64.6 Å². The first-order chi connectivity index (χ1) is 15.1. The number of nitrogens with zero attached hydrogens (tertiary/aromatic N) is 3. The quantitative estimate of drug-likeness (QED) is 0.170. The van der Waals surface area contributed by atoms with Gasteiger partial charge in [0.15, 0.2) is 11.5 Å². The molecule has 0 saturated carbocycles. The van der Waals surface area contributed by atoms with Gasteiger partial charge >= 0.3 is 5.97 Å². The van der Waals surface area contributed by atoms with Crippen LogP contribution in [0.15, 0.2) is 83.0 Å². The molecule has 0 unspecified atom stereocenters. The molecule has 4 aromatic rings. The number of hydrogen-bond acceptors (Lipinski definition) is 6. The Balaban J connectivity index is 1.63. The third kappa shape index (κ3) is 4.48. The maximum Gasteiger partial charge on any atom is 0.343 e. The SMILES string of the molecule is COc1cc(C=Nn2cnc3ccccc3c2=O)cc(I)c1OC(=O)c1ccccc1. The third-order valence-corrected chi connectivity index (χ3v) is 5.24. The summed E-state index contributed by atoms with van der Waals surface area (Å²) in [4.78, 5) is 29.2. The van der Waals surface area contributed by atoms with E-state index < -0.39 is 5.97 Å². The van der Waals surface area contributed by atoms with Crippen LogP contribution in [0.3, 0.4) is 0 Å². The first kappa shape index (κ1) is 20.7. The lowest BCUT2D eigenvalue weighted by molar-refractivity contribution is 0.0728. The molecule has 0 aliphatic rings. The minimum absolute atomic E-state index is 0.267. The van der Waals surface area contributed by atoms with E-state index in [-0.39, 0.29) is 5.56 Å². The minimum Gasteiger partial charge on any atom is -0.493 e. The number of aromatic nitrogens is 2. The predicted octanol–water partition coefficient (Wildman–Crippen LogP) is 4.11. The first-order valence-electron chi connectivity index (χ1n) is 9.22. The Morgan fingerprint density at radius 3 is 2.61 bits per heavy atom. The van der Waals surface area contributed by atoms with Crippen LogP contribution in [0.4, 0.5) is 0 Å². The van der Waals surface area contributed by atoms with E-state index in [1.54, 1.807) is 54.6 Å². The van der Waals surface area contributed by atoms with Crippen molar-refractivity contribution in [2.24, 2.45) is 5.10 Å². The highest BCUT2D eigenvalue weighted by Gasteiger charge is 2.16. The van der Waals surface area contributed by atoms with Crippen molar-refractivity contribution in [3.8, 4) is 11.5 Å². The van der Waals surface area contributed by atoms with E-state index in [2.05, 4.69) is 32.7 Å². The molecule has 0 bridgehead atoms. The van der Waals surface area contributed by atoms with Gasteiger partial charge in [0, 0.05) is 0 Å². The highest BCUT2D eigenvalue weighted by molar-refractivity contribution is 14.1. The van der Waals surface area contributed by atoms with Gasteiger partial charge in [0.2, 0.25) is 0 Å². The number of para-hydroxylation sites is 1. The van der Waals surface area contributed by atoms with Crippen LogP contribution in [0.1, 0.15) is 15.9 Å². The molecular formula is C23H16IN3O4. The normalized spacial score (nSPS) is 11.0. The van der Waals surface area contributed by atoms with Gasteiger partial charge in [-0.15, -0.1) is 0 Å². The molecule has 3 aromatic carbocycles. The van der Waals surface area contributed by atoms with Gasteiger partial charge in [0.1, 0.15) is 6.33 Å². The average molecular weight is 525 g/mol. The summed E-state index contributed by atoms with van der Waals surface area (Å²) in [5, 5.41) is 4.71. The van der Waals surface area contributed by atoms with Crippen LogP contribution in [-0.4, -0.2) is 29.0 Å². The zero-order valence-electron chi connectivity index (χ0n) is 16.4. The zero-order chi connectivity index (χ0) is 21.8. The molecule has 8 heteroatoms. The standard InChI is InChI=1S/C23H16IN3O4/c1-30-20-12-15(11-18(24)21(20)31-23(29)16-7-3-2-4-8-16)13-26-27-14-25-19-10-6-5-9-17(19)22(27)28/h2-14H,1H3. The van der Waals surface area contributed by atoms with Crippen molar-refractivity contribution in [2.45, 2.75) is 0 Å². The molecule has 0 N–H and O–H groups in total. The Hall–Kier alpha value is -3.53. The molecule has 0 radical (unpaired) electrons. The van der Waals surface area contributed by atoms with Crippen molar-refractivity contribution in [2.75, 3.05) is 7.11 Å². The van der Waals surface area contributed by atoms with Crippen molar-refractivity contribution < 1.29 is 14.3 Å². The molecule has 154 valence electrons. The highest BCUT2D eigenvalue weighted by Crippen LogP contribution is 2.34. The van der Waals surface area contributed by atoms with E-state index >= 15 is 0 Å². The van der Waals surface area contributed by atoms with E-state index in [0.717, 1.165) is 0 Å². The van der Waals surface area contributed by atoms with Gasteiger partial charge in [-0.3, -0.25) is 4.79 Å². The first-order valence-corrected chi connectivity index (χ1v) is 10.3. The van der Waals surface area contributed by atoms with E-state index in [1.807, 2.05) is 12.1 Å². The summed E-state index contributed by atoms with van der Waals surface area (Å²) in [5.41, 5.74) is 1.45. The molecule has 0 aliphatic carbocycles. The topological polar surface area (TPSA) is 82.8 Å². The fourth-order valence-electron chi connectivity index (χ4n) is 2.91. The van der Waals surface area contributed by atoms with Crippen molar-refractivity contribution in [1.29, 1.82) is 0 Å². The van der Waals surface area contributed by atoms with Gasteiger partial charge < -0.3 is 9.47 Å². The second-order valence-corrected chi connectivity index (χ2v) is 7.61. The van der Waals surface area contributed by atoms with Gasteiger partial charge in [-0.1, -0.05) is 30.3 Å². The van der Waals surface area contributed by atoms with Gasteiger partial charge in [0.05, 0.1) is 33.4 Å². The minimum atomic E-state index is -0.480. The maximum atomic E-state index is 12.6. The summed E-state index contributed by atoms with van der Waals surface area (Å²) in [6.07, 6.45) is 2.89. The monoisotopic (exact) mass is 525 g/mol. The largest absolute Gasteiger partial charge is 0.493 e. The van der Waals surface area contributed by atoms with E-state index in [1.165, 1.54) is 24.3 Å². The molecule has 31 heavy (non-hydrogen) atoms. The zero-order valence-corrected chi connectivity index (χ0v) is 18.5. The smallest absolute Gasteiger partial charge is 0.343 e. The summed E-state index contributed by atoms with van der Waals surface area (Å²) < 4.78 is 12.8. The van der Waals surface area contributed by atoms with Gasteiger partial charge in [-0.2, -0.15) is 9.78 Å². The third-order valence-electron chi connectivity index (χ3n) is 4.44. The Kier molecular flexibility index (Phi) is 6.08. The van der Waals surface area contributed by atoms with E-state index in [4.69, 9.17) is 9.47 Å². The Bertz CT molecular complexity index is 1350. The number of carbonyl (C=O) groups excluding carboxylic acids is 1. The molecule has 1 aromatic heterocycles. The van der Waals surface area contributed by atoms with Crippen LogP contribution in [0.25, 0.3) is 10.9 Å². The van der Waals surface area contributed by atoms with Gasteiger partial charge in [0.25, 0.3) is 5.56 Å². The number of ether oxygens (including phenoxy) is 2. The van der Waals surface area contributed by atoms with Crippen molar-refractivity contribution in [1.82, 2.24) is 9.66 Å². The Labute approximate surface area is 191 Å². The van der Waals surface area contributed by atoms with Crippen LogP contribution >= 0.6 is 22.6 Å². The lowest BCUT2D eigenvalue weighted by Gasteiger charge is -2.12. The summed E-state index contributed by atoms with van der Waals surface area (Å²) in [6, 6.07) is 19.3. The Morgan fingerprint density at radius 1 is 1.10 bits per heavy atom. The summed E-state index contributed by atoms with van der Waals surface area (Å²) in [7, 11) is 1.49. The molecule has 7 nitrogen and oxygen atoms in total. The maximum absolute atomic E-state index is 12.6. The van der Waals surface area contributed by atoms with Crippen molar-refractivity contribution in [3.05, 3.63) is 98.1 Å². The molecule has 0 fully saturated rings. The van der Waals surface area contributed by atoms with E-state index in [9.17, 15) is 9.59 Å². The van der Waals surface area contributed by atoms with E-state index in [0.29, 0.717) is 37.1 Å². The number of benzene rings is 3. The predicted molar refractivity (Wildman–Crippen MR) is 126 cm³/mol. The Morgan fingerprint density at radius 2 is 1.84 bits per heavy atom.